The highest BCUT2D eigenvalue weighted by molar-refractivity contribution is 5.82. The molecule has 1 amide bonds. The molecule has 0 aliphatic carbocycles. The lowest BCUT2D eigenvalue weighted by atomic mass is 10.2. The zero-order chi connectivity index (χ0) is 14.4. The number of carbonyl (C=O) groups is 1. The Kier molecular flexibility index (Phi) is 5.41. The van der Waals surface area contributed by atoms with Gasteiger partial charge < -0.3 is 21.1 Å². The minimum Gasteiger partial charge on any atom is -0.490 e. The van der Waals surface area contributed by atoms with Crippen molar-refractivity contribution in [2.24, 2.45) is 5.73 Å². The van der Waals surface area contributed by atoms with Gasteiger partial charge in [-0.3, -0.25) is 4.79 Å². The van der Waals surface area contributed by atoms with Gasteiger partial charge in [0.1, 0.15) is 0 Å². The fraction of sp³-hybridized carbons (Fsp3) is 0.462. The van der Waals surface area contributed by atoms with E-state index in [4.69, 9.17) is 16.2 Å². The molecule has 0 saturated heterocycles. The first-order chi connectivity index (χ1) is 8.99. The molecule has 19 heavy (non-hydrogen) atoms. The molecular formula is C13H20FN3O2. The van der Waals surface area contributed by atoms with Crippen molar-refractivity contribution in [2.45, 2.75) is 20.3 Å². The van der Waals surface area contributed by atoms with Gasteiger partial charge >= 0.3 is 0 Å². The maximum atomic E-state index is 13.7. The second kappa shape index (κ2) is 6.82. The Hall–Kier alpha value is -1.98. The summed E-state index contributed by atoms with van der Waals surface area (Å²) in [5, 5.41) is 0. The number of nitrogen functional groups attached to an aromatic ring is 1. The molecule has 0 aliphatic heterocycles. The number of halogens is 1. The smallest absolute Gasteiger partial charge is 0.236 e. The van der Waals surface area contributed by atoms with Gasteiger partial charge in [-0.25, -0.2) is 4.39 Å². The quantitative estimate of drug-likeness (QED) is 0.735. The number of carbonyl (C=O) groups excluding carboxylic acids is 1. The van der Waals surface area contributed by atoms with Crippen LogP contribution in [0.25, 0.3) is 0 Å². The van der Waals surface area contributed by atoms with E-state index in [0.717, 1.165) is 6.42 Å². The van der Waals surface area contributed by atoms with Crippen LogP contribution in [-0.4, -0.2) is 25.6 Å². The van der Waals surface area contributed by atoms with E-state index in [1.54, 1.807) is 4.90 Å². The van der Waals surface area contributed by atoms with E-state index in [0.29, 0.717) is 18.8 Å². The van der Waals surface area contributed by atoms with Crippen molar-refractivity contribution in [2.75, 3.05) is 30.3 Å². The summed E-state index contributed by atoms with van der Waals surface area (Å²) in [6.07, 6.45) is 0.776. The van der Waals surface area contributed by atoms with Crippen LogP contribution in [0, 0.1) is 5.82 Å². The Labute approximate surface area is 112 Å². The van der Waals surface area contributed by atoms with Gasteiger partial charge in [-0.2, -0.15) is 0 Å². The molecule has 0 aliphatic rings. The molecule has 0 heterocycles. The van der Waals surface area contributed by atoms with Crippen molar-refractivity contribution in [3.8, 4) is 5.75 Å². The van der Waals surface area contributed by atoms with Crippen LogP contribution in [0.3, 0.4) is 0 Å². The minimum absolute atomic E-state index is 0.0273. The molecule has 6 heteroatoms. The maximum Gasteiger partial charge on any atom is 0.236 e. The van der Waals surface area contributed by atoms with Crippen molar-refractivity contribution < 1.29 is 13.9 Å². The van der Waals surface area contributed by atoms with Gasteiger partial charge in [-0.15, -0.1) is 0 Å². The molecule has 1 rings (SSSR count). The SMILES string of the molecule is CCCOc1cc(N(CC)CC(N)=O)c(N)cc1F. The average Bonchev–Trinajstić information content (AvgIpc) is 2.35. The van der Waals surface area contributed by atoms with E-state index in [1.165, 1.54) is 12.1 Å². The molecule has 106 valence electrons. The van der Waals surface area contributed by atoms with Crippen LogP contribution in [0.2, 0.25) is 0 Å². The third-order valence-electron chi connectivity index (χ3n) is 2.61. The average molecular weight is 269 g/mol. The zero-order valence-corrected chi connectivity index (χ0v) is 11.3. The number of primary amides is 1. The van der Waals surface area contributed by atoms with Crippen LogP contribution in [0.1, 0.15) is 20.3 Å². The summed E-state index contributed by atoms with van der Waals surface area (Å²) in [6.45, 7) is 4.77. The molecule has 0 aromatic heterocycles. The zero-order valence-electron chi connectivity index (χ0n) is 11.3. The van der Waals surface area contributed by atoms with Crippen LogP contribution in [0.4, 0.5) is 15.8 Å². The number of hydrogen-bond donors (Lipinski definition) is 2. The number of ether oxygens (including phenoxy) is 1. The lowest BCUT2D eigenvalue weighted by Crippen LogP contribution is -2.34. The highest BCUT2D eigenvalue weighted by atomic mass is 19.1. The third-order valence-corrected chi connectivity index (χ3v) is 2.61. The predicted octanol–water partition coefficient (Wildman–Crippen LogP) is 1.51. The molecule has 0 atom stereocenters. The number of rotatable bonds is 7. The summed E-state index contributed by atoms with van der Waals surface area (Å²) >= 11 is 0. The first-order valence-electron chi connectivity index (χ1n) is 6.24. The van der Waals surface area contributed by atoms with E-state index in [2.05, 4.69) is 0 Å². The van der Waals surface area contributed by atoms with E-state index in [-0.39, 0.29) is 18.0 Å². The Morgan fingerprint density at radius 2 is 2.11 bits per heavy atom. The summed E-state index contributed by atoms with van der Waals surface area (Å²) in [7, 11) is 0. The first kappa shape index (κ1) is 15.1. The lowest BCUT2D eigenvalue weighted by Gasteiger charge is -2.24. The van der Waals surface area contributed by atoms with Crippen molar-refractivity contribution in [1.29, 1.82) is 0 Å². The van der Waals surface area contributed by atoms with Crippen molar-refractivity contribution in [3.05, 3.63) is 17.9 Å². The molecule has 1 aromatic carbocycles. The van der Waals surface area contributed by atoms with Crippen molar-refractivity contribution >= 4 is 17.3 Å². The Morgan fingerprint density at radius 3 is 2.63 bits per heavy atom. The lowest BCUT2D eigenvalue weighted by molar-refractivity contribution is -0.116. The number of anilines is 2. The maximum absolute atomic E-state index is 13.7. The molecule has 5 nitrogen and oxygen atoms in total. The second-order valence-corrected chi connectivity index (χ2v) is 4.17. The molecule has 0 spiro atoms. The molecule has 1 aromatic rings. The summed E-state index contributed by atoms with van der Waals surface area (Å²) < 4.78 is 19.0. The highest BCUT2D eigenvalue weighted by Crippen LogP contribution is 2.31. The van der Waals surface area contributed by atoms with Crippen LogP contribution < -0.4 is 21.1 Å². The standard InChI is InChI=1S/C13H20FN3O2/c1-3-5-19-12-7-11(10(15)6-9(12)14)17(4-2)8-13(16)18/h6-7H,3-5,8,15H2,1-2H3,(H2,16,18). The van der Waals surface area contributed by atoms with Crippen molar-refractivity contribution in [1.82, 2.24) is 0 Å². The topological polar surface area (TPSA) is 81.6 Å². The fourth-order valence-electron chi connectivity index (χ4n) is 1.71. The van der Waals surface area contributed by atoms with Crippen molar-refractivity contribution in [3.63, 3.8) is 0 Å². The first-order valence-corrected chi connectivity index (χ1v) is 6.24. The van der Waals surface area contributed by atoms with E-state index in [1.807, 2.05) is 13.8 Å². The summed E-state index contributed by atoms with van der Waals surface area (Å²) in [4.78, 5) is 12.7. The van der Waals surface area contributed by atoms with E-state index < -0.39 is 11.7 Å². The van der Waals surface area contributed by atoms with Gasteiger partial charge in [0, 0.05) is 18.7 Å². The monoisotopic (exact) mass is 269 g/mol. The Morgan fingerprint density at radius 1 is 1.42 bits per heavy atom. The van der Waals surface area contributed by atoms with Crippen LogP contribution in [0.15, 0.2) is 12.1 Å². The molecule has 0 fully saturated rings. The third kappa shape index (κ3) is 4.01. The Bertz CT molecular complexity index is 452. The molecule has 0 radical (unpaired) electrons. The Balaban J connectivity index is 3.07. The van der Waals surface area contributed by atoms with Gasteiger partial charge in [0.25, 0.3) is 0 Å². The van der Waals surface area contributed by atoms with Crippen LogP contribution in [0.5, 0.6) is 5.75 Å². The number of nitrogens with zero attached hydrogens (tertiary/aromatic N) is 1. The molecule has 0 unspecified atom stereocenters. The van der Waals surface area contributed by atoms with Gasteiger partial charge in [0.2, 0.25) is 5.91 Å². The van der Waals surface area contributed by atoms with Crippen LogP contribution >= 0.6 is 0 Å². The summed E-state index contributed by atoms with van der Waals surface area (Å²) in [5.74, 6) is -0.847. The van der Waals surface area contributed by atoms with Gasteiger partial charge in [0.15, 0.2) is 11.6 Å². The number of amides is 1. The number of benzene rings is 1. The highest BCUT2D eigenvalue weighted by Gasteiger charge is 2.15. The molecule has 0 bridgehead atoms. The second-order valence-electron chi connectivity index (χ2n) is 4.17. The van der Waals surface area contributed by atoms with Gasteiger partial charge in [-0.1, -0.05) is 6.92 Å². The number of hydrogen-bond acceptors (Lipinski definition) is 4. The fourth-order valence-corrected chi connectivity index (χ4v) is 1.71. The number of nitrogens with two attached hydrogens (primary N) is 2. The minimum atomic E-state index is -0.509. The summed E-state index contributed by atoms with van der Waals surface area (Å²) in [5.41, 5.74) is 11.8. The molecule has 0 saturated carbocycles. The number of likely N-dealkylation sites (N-methyl/N-ethyl adjacent to an activating group) is 1. The van der Waals surface area contributed by atoms with Gasteiger partial charge in [0.05, 0.1) is 24.5 Å². The molecular weight excluding hydrogens is 249 g/mol. The van der Waals surface area contributed by atoms with Crippen LogP contribution in [-0.2, 0) is 4.79 Å². The van der Waals surface area contributed by atoms with Gasteiger partial charge in [-0.05, 0) is 13.3 Å². The predicted molar refractivity (Wildman–Crippen MR) is 73.7 cm³/mol. The largest absolute Gasteiger partial charge is 0.490 e. The summed E-state index contributed by atoms with van der Waals surface area (Å²) in [6, 6.07) is 2.71. The molecule has 4 N–H and O–H groups in total. The normalized spacial score (nSPS) is 10.3. The van der Waals surface area contributed by atoms with E-state index >= 15 is 0 Å². The van der Waals surface area contributed by atoms with E-state index in [9.17, 15) is 9.18 Å².